The van der Waals surface area contributed by atoms with Crippen LogP contribution in [0.5, 0.6) is 0 Å². The van der Waals surface area contributed by atoms with Gasteiger partial charge < -0.3 is 5.73 Å². The summed E-state index contributed by atoms with van der Waals surface area (Å²) in [5, 5.41) is 0.690. The Kier molecular flexibility index (Phi) is 2.67. The summed E-state index contributed by atoms with van der Waals surface area (Å²) in [7, 11) is 0. The SMILES string of the molecule is CC(C)c1nc2c(CN)cccn2c1Cl. The van der Waals surface area contributed by atoms with Gasteiger partial charge >= 0.3 is 0 Å². The van der Waals surface area contributed by atoms with Crippen molar-refractivity contribution in [1.82, 2.24) is 9.38 Å². The zero-order valence-electron chi connectivity index (χ0n) is 8.87. The van der Waals surface area contributed by atoms with E-state index in [1.165, 1.54) is 0 Å². The Morgan fingerprint density at radius 2 is 2.27 bits per heavy atom. The Hall–Kier alpha value is -1.06. The monoisotopic (exact) mass is 223 g/mol. The second-order valence-corrected chi connectivity index (χ2v) is 4.23. The maximum absolute atomic E-state index is 6.24. The van der Waals surface area contributed by atoms with Crippen LogP contribution in [0.1, 0.15) is 31.0 Å². The third-order valence-electron chi connectivity index (χ3n) is 2.46. The molecule has 0 radical (unpaired) electrons. The number of hydrogen-bond acceptors (Lipinski definition) is 2. The Balaban J connectivity index is 2.75. The number of nitrogens with two attached hydrogens (primary N) is 1. The minimum Gasteiger partial charge on any atom is -0.326 e. The first-order chi connectivity index (χ1) is 7.15. The predicted molar refractivity (Wildman–Crippen MR) is 62.2 cm³/mol. The number of hydrogen-bond donors (Lipinski definition) is 1. The first-order valence-corrected chi connectivity index (χ1v) is 5.38. The van der Waals surface area contributed by atoms with Crippen LogP contribution in [0.2, 0.25) is 5.15 Å². The Bertz CT molecular complexity index is 488. The summed E-state index contributed by atoms with van der Waals surface area (Å²) in [4.78, 5) is 4.53. The molecule has 0 saturated carbocycles. The van der Waals surface area contributed by atoms with Gasteiger partial charge in [-0.1, -0.05) is 31.5 Å². The number of imidazole rings is 1. The van der Waals surface area contributed by atoms with Crippen LogP contribution in [0.15, 0.2) is 18.3 Å². The van der Waals surface area contributed by atoms with Gasteiger partial charge in [0.1, 0.15) is 10.8 Å². The smallest absolute Gasteiger partial charge is 0.142 e. The van der Waals surface area contributed by atoms with Crippen molar-refractivity contribution in [3.05, 3.63) is 34.7 Å². The first kappa shape index (κ1) is 10.5. The molecule has 0 amide bonds. The lowest BCUT2D eigenvalue weighted by molar-refractivity contribution is 0.834. The minimum atomic E-state index is 0.322. The van der Waals surface area contributed by atoms with E-state index in [2.05, 4.69) is 18.8 Å². The van der Waals surface area contributed by atoms with Crippen LogP contribution in [0.25, 0.3) is 5.65 Å². The molecule has 2 rings (SSSR count). The van der Waals surface area contributed by atoms with E-state index in [0.717, 1.165) is 16.9 Å². The first-order valence-electron chi connectivity index (χ1n) is 5.00. The molecule has 0 aliphatic carbocycles. The van der Waals surface area contributed by atoms with E-state index in [0.29, 0.717) is 17.6 Å². The lowest BCUT2D eigenvalue weighted by atomic mass is 10.2. The summed E-state index contributed by atoms with van der Waals surface area (Å²) >= 11 is 6.24. The number of nitrogens with zero attached hydrogens (tertiary/aromatic N) is 2. The van der Waals surface area contributed by atoms with Crippen molar-refractivity contribution in [2.45, 2.75) is 26.3 Å². The number of aromatic nitrogens is 2. The highest BCUT2D eigenvalue weighted by Crippen LogP contribution is 2.26. The van der Waals surface area contributed by atoms with Crippen molar-refractivity contribution in [3.8, 4) is 0 Å². The summed E-state index contributed by atoms with van der Waals surface area (Å²) in [6.07, 6.45) is 1.91. The van der Waals surface area contributed by atoms with Crippen LogP contribution < -0.4 is 5.73 Å². The average Bonchev–Trinajstić information content (AvgIpc) is 2.56. The molecule has 0 bridgehead atoms. The van der Waals surface area contributed by atoms with Crippen LogP contribution >= 0.6 is 11.6 Å². The standard InChI is InChI=1S/C11H14ClN3/c1-7(2)9-10(12)15-5-3-4-8(6-13)11(15)14-9/h3-5,7H,6,13H2,1-2H3. The molecule has 0 aliphatic rings. The normalized spacial score (nSPS) is 11.5. The third-order valence-corrected chi connectivity index (χ3v) is 2.84. The largest absolute Gasteiger partial charge is 0.326 e. The second-order valence-electron chi connectivity index (χ2n) is 3.87. The van der Waals surface area contributed by atoms with Crippen molar-refractivity contribution in [3.63, 3.8) is 0 Å². The molecular formula is C11H14ClN3. The maximum atomic E-state index is 6.24. The lowest BCUT2D eigenvalue weighted by Crippen LogP contribution is -1.99. The third kappa shape index (κ3) is 1.62. The molecule has 0 spiro atoms. The highest BCUT2D eigenvalue weighted by molar-refractivity contribution is 6.30. The quantitative estimate of drug-likeness (QED) is 0.851. The van der Waals surface area contributed by atoms with Crippen molar-refractivity contribution in [1.29, 1.82) is 0 Å². The van der Waals surface area contributed by atoms with Gasteiger partial charge in [0.25, 0.3) is 0 Å². The summed E-state index contributed by atoms with van der Waals surface area (Å²) < 4.78 is 1.89. The van der Waals surface area contributed by atoms with Gasteiger partial charge in [-0.3, -0.25) is 4.40 Å². The van der Waals surface area contributed by atoms with E-state index < -0.39 is 0 Å². The highest BCUT2D eigenvalue weighted by Gasteiger charge is 2.14. The van der Waals surface area contributed by atoms with Gasteiger partial charge in [0, 0.05) is 18.3 Å². The number of pyridine rings is 1. The van der Waals surface area contributed by atoms with Crippen LogP contribution in [0, 0.1) is 0 Å². The molecule has 80 valence electrons. The van der Waals surface area contributed by atoms with E-state index in [4.69, 9.17) is 17.3 Å². The van der Waals surface area contributed by atoms with Gasteiger partial charge in [-0.05, 0) is 12.0 Å². The van der Waals surface area contributed by atoms with E-state index in [1.54, 1.807) is 0 Å². The average molecular weight is 224 g/mol. The van der Waals surface area contributed by atoms with Crippen LogP contribution in [-0.4, -0.2) is 9.38 Å². The van der Waals surface area contributed by atoms with Crippen molar-refractivity contribution >= 4 is 17.2 Å². The molecule has 4 heteroatoms. The fraction of sp³-hybridized carbons (Fsp3) is 0.364. The fourth-order valence-corrected chi connectivity index (χ4v) is 2.04. The molecule has 0 unspecified atom stereocenters. The van der Waals surface area contributed by atoms with E-state index in [1.807, 2.05) is 22.7 Å². The number of fused-ring (bicyclic) bond motifs is 1. The van der Waals surface area contributed by atoms with Crippen molar-refractivity contribution < 1.29 is 0 Å². The maximum Gasteiger partial charge on any atom is 0.142 e. The van der Waals surface area contributed by atoms with Crippen molar-refractivity contribution in [2.24, 2.45) is 5.73 Å². The summed E-state index contributed by atoms with van der Waals surface area (Å²) in [5.74, 6) is 0.322. The molecule has 0 aromatic carbocycles. The zero-order valence-corrected chi connectivity index (χ0v) is 9.62. The predicted octanol–water partition coefficient (Wildman–Crippen LogP) is 2.57. The van der Waals surface area contributed by atoms with Crippen molar-refractivity contribution in [2.75, 3.05) is 0 Å². The van der Waals surface area contributed by atoms with Gasteiger partial charge in [-0.15, -0.1) is 0 Å². The highest BCUT2D eigenvalue weighted by atomic mass is 35.5. The molecule has 15 heavy (non-hydrogen) atoms. The summed E-state index contributed by atoms with van der Waals surface area (Å²) in [6, 6.07) is 3.91. The van der Waals surface area contributed by atoms with Gasteiger partial charge in [0.15, 0.2) is 0 Å². The molecule has 2 heterocycles. The van der Waals surface area contributed by atoms with Crippen LogP contribution in [0.4, 0.5) is 0 Å². The molecule has 0 aliphatic heterocycles. The number of rotatable bonds is 2. The van der Waals surface area contributed by atoms with E-state index in [-0.39, 0.29) is 0 Å². The van der Waals surface area contributed by atoms with Crippen LogP contribution in [-0.2, 0) is 6.54 Å². The summed E-state index contributed by atoms with van der Waals surface area (Å²) in [5.41, 5.74) is 8.47. The van der Waals surface area contributed by atoms with E-state index >= 15 is 0 Å². The molecule has 2 aromatic rings. The summed E-state index contributed by atoms with van der Waals surface area (Å²) in [6.45, 7) is 4.64. The van der Waals surface area contributed by atoms with E-state index in [9.17, 15) is 0 Å². The number of halogens is 1. The molecule has 2 N–H and O–H groups in total. The second kappa shape index (κ2) is 3.83. The molecule has 0 atom stereocenters. The van der Waals surface area contributed by atoms with Gasteiger partial charge in [0.2, 0.25) is 0 Å². The topological polar surface area (TPSA) is 43.3 Å². The molecule has 0 saturated heterocycles. The molecule has 2 aromatic heterocycles. The van der Waals surface area contributed by atoms with Crippen LogP contribution in [0.3, 0.4) is 0 Å². The van der Waals surface area contributed by atoms with Gasteiger partial charge in [-0.2, -0.15) is 0 Å². The Morgan fingerprint density at radius 3 is 2.87 bits per heavy atom. The fourth-order valence-electron chi connectivity index (χ4n) is 1.64. The Morgan fingerprint density at radius 1 is 1.53 bits per heavy atom. The minimum absolute atomic E-state index is 0.322. The molecular weight excluding hydrogens is 210 g/mol. The zero-order chi connectivity index (χ0) is 11.0. The molecule has 0 fully saturated rings. The molecule has 3 nitrogen and oxygen atoms in total. The van der Waals surface area contributed by atoms with Gasteiger partial charge in [-0.25, -0.2) is 4.98 Å². The Labute approximate surface area is 93.9 Å². The lowest BCUT2D eigenvalue weighted by Gasteiger charge is -1.99. The van der Waals surface area contributed by atoms with Gasteiger partial charge in [0.05, 0.1) is 5.69 Å².